The molecule has 1 amide bonds. The molecule has 1 saturated heterocycles. The number of imidazole rings is 1. The van der Waals surface area contributed by atoms with Gasteiger partial charge in [-0.05, 0) is 48.4 Å². The summed E-state index contributed by atoms with van der Waals surface area (Å²) in [6.07, 6.45) is 1.90. The number of hydrogen-bond acceptors (Lipinski definition) is 4. The summed E-state index contributed by atoms with van der Waals surface area (Å²) >= 11 is 0. The molecule has 174 valence electrons. The van der Waals surface area contributed by atoms with Gasteiger partial charge in [-0.15, -0.1) is 0 Å². The van der Waals surface area contributed by atoms with Gasteiger partial charge in [0, 0.05) is 50.3 Å². The predicted molar refractivity (Wildman–Crippen MR) is 133 cm³/mol. The van der Waals surface area contributed by atoms with Crippen LogP contribution in [0.1, 0.15) is 28.7 Å². The zero-order chi connectivity index (χ0) is 23.5. The number of aryl methyl sites for hydroxylation is 1. The van der Waals surface area contributed by atoms with E-state index in [4.69, 9.17) is 0 Å². The van der Waals surface area contributed by atoms with Crippen molar-refractivity contribution in [2.24, 2.45) is 0 Å². The second-order valence-corrected chi connectivity index (χ2v) is 8.49. The van der Waals surface area contributed by atoms with E-state index in [0.29, 0.717) is 30.0 Å². The second kappa shape index (κ2) is 9.55. The van der Waals surface area contributed by atoms with E-state index >= 15 is 0 Å². The molecule has 1 fully saturated rings. The number of nitrogens with one attached hydrogen (secondary N) is 1. The van der Waals surface area contributed by atoms with E-state index in [1.165, 1.54) is 28.0 Å². The molecule has 2 aromatic carbocycles. The Morgan fingerprint density at radius 3 is 2.21 bits per heavy atom. The molecule has 0 bridgehead atoms. The number of pyridine rings is 1. The quantitative estimate of drug-likeness (QED) is 0.469. The Hall–Kier alpha value is -3.87. The molecule has 0 saturated carbocycles. The summed E-state index contributed by atoms with van der Waals surface area (Å²) in [5.41, 5.74) is 5.10. The Labute approximate surface area is 198 Å². The maximum atomic E-state index is 13.8. The van der Waals surface area contributed by atoms with Crippen LogP contribution in [0.4, 0.5) is 15.8 Å². The van der Waals surface area contributed by atoms with Crippen LogP contribution in [0.25, 0.3) is 5.65 Å². The lowest BCUT2D eigenvalue weighted by atomic mass is 10.1. The molecule has 0 aliphatic carbocycles. The van der Waals surface area contributed by atoms with Crippen LogP contribution in [0.2, 0.25) is 0 Å². The zero-order valence-electron chi connectivity index (χ0n) is 19.2. The van der Waals surface area contributed by atoms with E-state index in [1.54, 1.807) is 6.07 Å². The molecule has 0 atom stereocenters. The minimum atomic E-state index is -0.401. The molecule has 7 heteroatoms. The summed E-state index contributed by atoms with van der Waals surface area (Å²) < 4.78 is 15.3. The van der Waals surface area contributed by atoms with Gasteiger partial charge in [-0.3, -0.25) is 9.20 Å². The number of anilines is 2. The molecule has 0 spiro atoms. The summed E-state index contributed by atoms with van der Waals surface area (Å²) in [6.45, 7) is 6.24. The maximum absolute atomic E-state index is 13.8. The van der Waals surface area contributed by atoms with E-state index in [1.807, 2.05) is 25.1 Å². The van der Waals surface area contributed by atoms with Gasteiger partial charge in [0.15, 0.2) is 0 Å². The van der Waals surface area contributed by atoms with Gasteiger partial charge in [0.25, 0.3) is 5.91 Å². The van der Waals surface area contributed by atoms with Gasteiger partial charge < -0.3 is 15.1 Å². The minimum absolute atomic E-state index is 0.254. The third-order valence-corrected chi connectivity index (χ3v) is 6.36. The Morgan fingerprint density at radius 2 is 1.56 bits per heavy atom. The Kier molecular flexibility index (Phi) is 6.16. The summed E-state index contributed by atoms with van der Waals surface area (Å²) in [4.78, 5) is 22.2. The molecule has 0 unspecified atom stereocenters. The number of rotatable bonds is 6. The first-order valence-corrected chi connectivity index (χ1v) is 11.7. The maximum Gasteiger partial charge on any atom is 0.270 e. The number of carbonyl (C=O) groups excluding carboxylic acids is 1. The van der Waals surface area contributed by atoms with E-state index in [-0.39, 0.29) is 5.91 Å². The summed E-state index contributed by atoms with van der Waals surface area (Å²) in [5, 5.41) is 2.97. The lowest BCUT2D eigenvalue weighted by Gasteiger charge is -2.37. The van der Waals surface area contributed by atoms with Crippen LogP contribution in [0.3, 0.4) is 0 Å². The Morgan fingerprint density at radius 1 is 0.912 bits per heavy atom. The standard InChI is InChI=1S/C27H28FN5O/c1-2-24-26(33-19-21(28)10-13-25(33)30-24)27(34)29-18-20-8-11-23(12-9-20)32-16-14-31(15-17-32)22-6-4-3-5-7-22/h3-13,19H,2,14-18H2,1H3,(H,29,34). The number of aromatic nitrogens is 2. The smallest absolute Gasteiger partial charge is 0.270 e. The van der Waals surface area contributed by atoms with Crippen molar-refractivity contribution in [1.82, 2.24) is 14.7 Å². The van der Waals surface area contributed by atoms with E-state index in [0.717, 1.165) is 31.7 Å². The number of hydrogen-bond donors (Lipinski definition) is 1. The van der Waals surface area contributed by atoms with Gasteiger partial charge in [0.05, 0.1) is 5.69 Å². The van der Waals surface area contributed by atoms with E-state index in [2.05, 4.69) is 56.5 Å². The average molecular weight is 458 g/mol. The topological polar surface area (TPSA) is 52.9 Å². The molecular weight excluding hydrogens is 429 g/mol. The number of piperazine rings is 1. The molecule has 6 nitrogen and oxygen atoms in total. The fourth-order valence-electron chi connectivity index (χ4n) is 4.51. The van der Waals surface area contributed by atoms with Gasteiger partial charge in [-0.1, -0.05) is 37.3 Å². The summed E-state index contributed by atoms with van der Waals surface area (Å²) in [5.74, 6) is -0.655. The van der Waals surface area contributed by atoms with Gasteiger partial charge in [-0.25, -0.2) is 9.37 Å². The van der Waals surface area contributed by atoms with Crippen LogP contribution in [0.5, 0.6) is 0 Å². The number of para-hydroxylation sites is 1. The van der Waals surface area contributed by atoms with Crippen molar-refractivity contribution in [1.29, 1.82) is 0 Å². The van der Waals surface area contributed by atoms with Crippen LogP contribution >= 0.6 is 0 Å². The van der Waals surface area contributed by atoms with Gasteiger partial charge in [0.2, 0.25) is 0 Å². The van der Waals surface area contributed by atoms with Gasteiger partial charge in [0.1, 0.15) is 17.2 Å². The van der Waals surface area contributed by atoms with Crippen LogP contribution in [-0.2, 0) is 13.0 Å². The van der Waals surface area contributed by atoms with Crippen molar-refractivity contribution in [2.75, 3.05) is 36.0 Å². The van der Waals surface area contributed by atoms with Gasteiger partial charge >= 0.3 is 0 Å². The molecule has 3 heterocycles. The molecule has 1 aliphatic heterocycles. The third kappa shape index (κ3) is 4.46. The lowest BCUT2D eigenvalue weighted by Crippen LogP contribution is -2.46. The average Bonchev–Trinajstić information content (AvgIpc) is 3.26. The number of amides is 1. The highest BCUT2D eigenvalue weighted by molar-refractivity contribution is 5.94. The molecule has 2 aromatic heterocycles. The Balaban J connectivity index is 1.21. The van der Waals surface area contributed by atoms with Crippen molar-refractivity contribution in [3.05, 3.63) is 95.7 Å². The highest BCUT2D eigenvalue weighted by Gasteiger charge is 2.19. The third-order valence-electron chi connectivity index (χ3n) is 6.36. The molecule has 1 N–H and O–H groups in total. The summed E-state index contributed by atoms with van der Waals surface area (Å²) in [6, 6.07) is 21.8. The molecule has 1 aliphatic rings. The highest BCUT2D eigenvalue weighted by atomic mass is 19.1. The lowest BCUT2D eigenvalue weighted by molar-refractivity contribution is 0.0944. The first-order valence-electron chi connectivity index (χ1n) is 11.7. The van der Waals surface area contributed by atoms with Crippen LogP contribution in [0.15, 0.2) is 72.9 Å². The normalized spacial score (nSPS) is 13.9. The molecule has 0 radical (unpaired) electrons. The van der Waals surface area contributed by atoms with E-state index in [9.17, 15) is 9.18 Å². The summed E-state index contributed by atoms with van der Waals surface area (Å²) in [7, 11) is 0. The van der Waals surface area contributed by atoms with Crippen molar-refractivity contribution in [3.63, 3.8) is 0 Å². The Bertz CT molecular complexity index is 1280. The first-order chi connectivity index (χ1) is 16.6. The van der Waals surface area contributed by atoms with Crippen molar-refractivity contribution < 1.29 is 9.18 Å². The monoisotopic (exact) mass is 457 g/mol. The van der Waals surface area contributed by atoms with Crippen molar-refractivity contribution in [2.45, 2.75) is 19.9 Å². The van der Waals surface area contributed by atoms with Crippen LogP contribution < -0.4 is 15.1 Å². The number of carbonyl (C=O) groups is 1. The number of fused-ring (bicyclic) bond motifs is 1. The van der Waals surface area contributed by atoms with Crippen molar-refractivity contribution >= 4 is 22.9 Å². The highest BCUT2D eigenvalue weighted by Crippen LogP contribution is 2.21. The van der Waals surface area contributed by atoms with Gasteiger partial charge in [-0.2, -0.15) is 0 Å². The second-order valence-electron chi connectivity index (χ2n) is 8.49. The molecule has 5 rings (SSSR count). The fourth-order valence-corrected chi connectivity index (χ4v) is 4.51. The fraction of sp³-hybridized carbons (Fsp3) is 0.259. The SMILES string of the molecule is CCc1nc2ccc(F)cn2c1C(=O)NCc1ccc(N2CCN(c3ccccc3)CC2)cc1. The minimum Gasteiger partial charge on any atom is -0.368 e. The largest absolute Gasteiger partial charge is 0.368 e. The molecular formula is C27H28FN5O. The van der Waals surface area contributed by atoms with Crippen LogP contribution in [0, 0.1) is 5.82 Å². The molecule has 34 heavy (non-hydrogen) atoms. The number of nitrogens with zero attached hydrogens (tertiary/aromatic N) is 4. The van der Waals surface area contributed by atoms with E-state index < -0.39 is 5.82 Å². The van der Waals surface area contributed by atoms with Crippen molar-refractivity contribution in [3.8, 4) is 0 Å². The molecule has 4 aromatic rings. The predicted octanol–water partition coefficient (Wildman–Crippen LogP) is 4.29. The number of benzene rings is 2. The van der Waals surface area contributed by atoms with Crippen LogP contribution in [-0.4, -0.2) is 41.5 Å². The number of halogens is 1. The zero-order valence-corrected chi connectivity index (χ0v) is 19.2. The first kappa shape index (κ1) is 21.9.